The van der Waals surface area contributed by atoms with Gasteiger partial charge in [-0.15, -0.1) is 0 Å². The predicted octanol–water partition coefficient (Wildman–Crippen LogP) is 7.69. The Balaban J connectivity index is 1.51. The number of unbranched alkanes of at least 4 members (excludes halogenated alkanes) is 4. The van der Waals surface area contributed by atoms with Gasteiger partial charge >= 0.3 is 5.97 Å². The minimum absolute atomic E-state index is 0.277. The molecule has 0 aromatic heterocycles. The lowest BCUT2D eigenvalue weighted by molar-refractivity contribution is 0.0726. The van der Waals surface area contributed by atoms with Gasteiger partial charge in [0.2, 0.25) is 5.82 Å². The van der Waals surface area contributed by atoms with Crippen LogP contribution < -0.4 is 4.74 Å². The summed E-state index contributed by atoms with van der Waals surface area (Å²) in [6.07, 6.45) is 12.9. The van der Waals surface area contributed by atoms with Crippen molar-refractivity contribution < 1.29 is 18.3 Å². The summed E-state index contributed by atoms with van der Waals surface area (Å²) in [6, 6.07) is 10.9. The van der Waals surface area contributed by atoms with Gasteiger partial charge in [-0.25, -0.2) is 9.18 Å². The van der Waals surface area contributed by atoms with Crippen LogP contribution in [-0.4, -0.2) is 5.97 Å². The molecule has 170 valence electrons. The number of ether oxygens (including phenoxy) is 1. The summed E-state index contributed by atoms with van der Waals surface area (Å²) >= 11 is 0. The summed E-state index contributed by atoms with van der Waals surface area (Å²) in [7, 11) is 0. The SMILES string of the molecule is CCCCCCCC1CCC(c2ccc(C(=O)Oc3ccc(C#N)c(F)c3F)cc2)CC1. The molecule has 0 aliphatic heterocycles. The maximum atomic E-state index is 14.0. The standard InChI is InChI=1S/C27H31F2NO2/c1-2-3-4-5-6-7-19-8-10-20(11-9-19)21-12-14-22(15-13-21)27(31)32-24-17-16-23(18-30)25(28)26(24)29/h12-17,19-20H,2-11H2,1H3. The van der Waals surface area contributed by atoms with Crippen LogP contribution in [0.5, 0.6) is 5.75 Å². The summed E-state index contributed by atoms with van der Waals surface area (Å²) < 4.78 is 32.7. The monoisotopic (exact) mass is 439 g/mol. The van der Waals surface area contributed by atoms with Gasteiger partial charge in [0.1, 0.15) is 6.07 Å². The Morgan fingerprint density at radius 3 is 2.31 bits per heavy atom. The summed E-state index contributed by atoms with van der Waals surface area (Å²) in [5.41, 5.74) is 1.05. The van der Waals surface area contributed by atoms with Crippen LogP contribution in [0.25, 0.3) is 0 Å². The highest BCUT2D eigenvalue weighted by atomic mass is 19.2. The van der Waals surface area contributed by atoms with Crippen LogP contribution in [0.2, 0.25) is 0 Å². The van der Waals surface area contributed by atoms with Crippen LogP contribution in [0, 0.1) is 28.9 Å². The van der Waals surface area contributed by atoms with Gasteiger partial charge < -0.3 is 4.74 Å². The molecule has 0 bridgehead atoms. The van der Waals surface area contributed by atoms with Crippen molar-refractivity contribution in [1.29, 1.82) is 5.26 Å². The molecule has 2 aromatic rings. The first-order valence-electron chi connectivity index (χ1n) is 11.7. The van der Waals surface area contributed by atoms with Crippen molar-refractivity contribution in [2.45, 2.75) is 77.0 Å². The number of rotatable bonds is 9. The second-order valence-corrected chi connectivity index (χ2v) is 8.78. The smallest absolute Gasteiger partial charge is 0.343 e. The van der Waals surface area contributed by atoms with E-state index in [1.165, 1.54) is 69.8 Å². The molecule has 3 rings (SSSR count). The highest BCUT2D eigenvalue weighted by molar-refractivity contribution is 5.91. The first-order chi connectivity index (χ1) is 15.5. The Bertz CT molecular complexity index is 941. The first-order valence-corrected chi connectivity index (χ1v) is 11.7. The fourth-order valence-electron chi connectivity index (χ4n) is 4.57. The Labute approximate surface area is 189 Å². The van der Waals surface area contributed by atoms with Crippen molar-refractivity contribution in [2.75, 3.05) is 0 Å². The molecule has 3 nitrogen and oxygen atoms in total. The lowest BCUT2D eigenvalue weighted by Gasteiger charge is -2.29. The van der Waals surface area contributed by atoms with Crippen molar-refractivity contribution in [3.8, 4) is 11.8 Å². The molecule has 1 aliphatic rings. The highest BCUT2D eigenvalue weighted by Gasteiger charge is 2.23. The van der Waals surface area contributed by atoms with Crippen molar-refractivity contribution in [2.24, 2.45) is 5.92 Å². The van der Waals surface area contributed by atoms with E-state index in [0.717, 1.165) is 18.1 Å². The number of hydrogen-bond acceptors (Lipinski definition) is 3. The van der Waals surface area contributed by atoms with Gasteiger partial charge in [-0.2, -0.15) is 9.65 Å². The predicted molar refractivity (Wildman–Crippen MR) is 121 cm³/mol. The van der Waals surface area contributed by atoms with Gasteiger partial charge in [0.05, 0.1) is 11.1 Å². The van der Waals surface area contributed by atoms with Gasteiger partial charge in [0.25, 0.3) is 0 Å². The minimum atomic E-state index is -1.34. The minimum Gasteiger partial charge on any atom is -0.420 e. The largest absolute Gasteiger partial charge is 0.420 e. The molecule has 0 spiro atoms. The van der Waals surface area contributed by atoms with E-state index in [0.29, 0.717) is 5.92 Å². The van der Waals surface area contributed by atoms with Gasteiger partial charge in [-0.3, -0.25) is 0 Å². The average Bonchev–Trinajstić information content (AvgIpc) is 2.82. The normalized spacial score (nSPS) is 18.2. The average molecular weight is 440 g/mol. The topological polar surface area (TPSA) is 50.1 Å². The van der Waals surface area contributed by atoms with Crippen LogP contribution >= 0.6 is 0 Å². The molecule has 2 aromatic carbocycles. The maximum absolute atomic E-state index is 14.0. The molecule has 0 radical (unpaired) electrons. The maximum Gasteiger partial charge on any atom is 0.343 e. The Morgan fingerprint density at radius 2 is 1.66 bits per heavy atom. The number of hydrogen-bond donors (Lipinski definition) is 0. The van der Waals surface area contributed by atoms with Crippen LogP contribution in [0.4, 0.5) is 8.78 Å². The van der Waals surface area contributed by atoms with Crippen LogP contribution in [0.15, 0.2) is 36.4 Å². The zero-order valence-corrected chi connectivity index (χ0v) is 18.7. The second-order valence-electron chi connectivity index (χ2n) is 8.78. The number of halogens is 2. The molecule has 0 atom stereocenters. The second kappa shape index (κ2) is 11.8. The summed E-state index contributed by atoms with van der Waals surface area (Å²) in [4.78, 5) is 12.4. The van der Waals surface area contributed by atoms with Crippen LogP contribution in [-0.2, 0) is 0 Å². The fraction of sp³-hybridized carbons (Fsp3) is 0.481. The number of carbonyl (C=O) groups excluding carboxylic acids is 1. The number of esters is 1. The molecular weight excluding hydrogens is 408 g/mol. The van der Waals surface area contributed by atoms with Crippen LogP contribution in [0.3, 0.4) is 0 Å². The highest BCUT2D eigenvalue weighted by Crippen LogP contribution is 2.38. The third-order valence-electron chi connectivity index (χ3n) is 6.55. The lowest BCUT2D eigenvalue weighted by atomic mass is 9.77. The summed E-state index contributed by atoms with van der Waals surface area (Å²) in [5, 5.41) is 8.74. The molecule has 1 aliphatic carbocycles. The molecule has 32 heavy (non-hydrogen) atoms. The summed E-state index contributed by atoms with van der Waals surface area (Å²) in [6.45, 7) is 2.24. The number of nitrogens with zero attached hydrogens (tertiary/aromatic N) is 1. The number of benzene rings is 2. The van der Waals surface area contributed by atoms with Crippen molar-refractivity contribution in [3.05, 3.63) is 64.7 Å². The first kappa shape index (κ1) is 23.9. The molecular formula is C27H31F2NO2. The Kier molecular flexibility index (Phi) is 8.79. The van der Waals surface area contributed by atoms with E-state index in [9.17, 15) is 13.6 Å². The van der Waals surface area contributed by atoms with Gasteiger partial charge in [0.15, 0.2) is 11.6 Å². The Morgan fingerprint density at radius 1 is 0.969 bits per heavy atom. The molecule has 0 unspecified atom stereocenters. The number of carbonyl (C=O) groups is 1. The molecule has 0 amide bonds. The zero-order valence-electron chi connectivity index (χ0n) is 18.7. The molecule has 1 saturated carbocycles. The quantitative estimate of drug-likeness (QED) is 0.229. The third kappa shape index (κ3) is 6.16. The molecule has 1 fully saturated rings. The molecule has 0 saturated heterocycles. The van der Waals surface area contributed by atoms with Gasteiger partial charge in [-0.1, -0.05) is 57.6 Å². The van der Waals surface area contributed by atoms with Crippen LogP contribution in [0.1, 0.15) is 98.5 Å². The summed E-state index contributed by atoms with van der Waals surface area (Å²) in [5.74, 6) is -2.60. The van der Waals surface area contributed by atoms with E-state index in [4.69, 9.17) is 10.00 Å². The van der Waals surface area contributed by atoms with E-state index in [1.54, 1.807) is 18.2 Å². The van der Waals surface area contributed by atoms with Crippen molar-refractivity contribution >= 4 is 5.97 Å². The number of nitriles is 1. The van der Waals surface area contributed by atoms with Gasteiger partial charge in [0, 0.05) is 0 Å². The van der Waals surface area contributed by atoms with E-state index in [-0.39, 0.29) is 5.56 Å². The van der Waals surface area contributed by atoms with Crippen molar-refractivity contribution in [3.63, 3.8) is 0 Å². The van der Waals surface area contributed by atoms with E-state index in [2.05, 4.69) is 6.92 Å². The van der Waals surface area contributed by atoms with E-state index in [1.807, 2.05) is 12.1 Å². The molecule has 0 heterocycles. The molecule has 5 heteroatoms. The van der Waals surface area contributed by atoms with Gasteiger partial charge in [-0.05, 0) is 67.3 Å². The fourth-order valence-corrected chi connectivity index (χ4v) is 4.57. The van der Waals surface area contributed by atoms with E-state index < -0.39 is 28.9 Å². The Hall–Kier alpha value is -2.74. The lowest BCUT2D eigenvalue weighted by Crippen LogP contribution is -2.14. The third-order valence-corrected chi connectivity index (χ3v) is 6.55. The zero-order chi connectivity index (χ0) is 22.9. The van der Waals surface area contributed by atoms with Crippen molar-refractivity contribution in [1.82, 2.24) is 0 Å². The van der Waals surface area contributed by atoms with E-state index >= 15 is 0 Å². The molecule has 0 N–H and O–H groups in total.